The van der Waals surface area contributed by atoms with Gasteiger partial charge >= 0.3 is 21.7 Å². The standard InChI is InChI=1S/C9H13.3FH.Ti/c1-2-3-6-9-7-4-5-8-9;;;;/h4,7H,2-3,5-6H2,1H3;3*1H;/q-1;;;;+4/p-3. The third-order valence-electron chi connectivity index (χ3n) is 1.57. The van der Waals surface area contributed by atoms with E-state index in [4.69, 9.17) is 0 Å². The zero-order valence-electron chi connectivity index (χ0n) is 7.62. The Labute approximate surface area is 92.5 Å². The third kappa shape index (κ3) is 9.90. The van der Waals surface area contributed by atoms with Crippen LogP contribution in [0.15, 0.2) is 17.7 Å². The Morgan fingerprint density at radius 1 is 1.31 bits per heavy atom. The first kappa shape index (κ1) is 23.1. The first-order chi connectivity index (χ1) is 4.43. The normalized spacial score (nSPS) is 11.3. The average molecular weight is 226 g/mol. The van der Waals surface area contributed by atoms with E-state index in [-0.39, 0.29) is 35.8 Å². The van der Waals surface area contributed by atoms with Crippen LogP contribution in [0.5, 0.6) is 0 Å². The third-order valence-corrected chi connectivity index (χ3v) is 1.57. The number of hydrogen-bond acceptors (Lipinski definition) is 0. The maximum Gasteiger partial charge on any atom is 4.00 e. The van der Waals surface area contributed by atoms with E-state index in [0.717, 1.165) is 6.42 Å². The van der Waals surface area contributed by atoms with Crippen LogP contribution in [-0.2, 0) is 21.7 Å². The van der Waals surface area contributed by atoms with Crippen molar-refractivity contribution in [3.63, 3.8) is 0 Å². The van der Waals surface area contributed by atoms with Crippen LogP contribution < -0.4 is 14.1 Å². The van der Waals surface area contributed by atoms with E-state index >= 15 is 0 Å². The molecule has 0 unspecified atom stereocenters. The molecule has 13 heavy (non-hydrogen) atoms. The van der Waals surface area contributed by atoms with Gasteiger partial charge in [-0.2, -0.15) is 6.08 Å². The Hall–Kier alpha value is -0.0157. The Morgan fingerprint density at radius 3 is 2.31 bits per heavy atom. The van der Waals surface area contributed by atoms with Gasteiger partial charge in [-0.05, 0) is 0 Å². The molecule has 0 N–H and O–H groups in total. The summed E-state index contributed by atoms with van der Waals surface area (Å²) in [7, 11) is 0. The minimum Gasteiger partial charge on any atom is -1.00 e. The molecule has 1 aliphatic carbocycles. The van der Waals surface area contributed by atoms with Gasteiger partial charge in [0.25, 0.3) is 0 Å². The molecule has 1 aliphatic rings. The number of halogens is 3. The summed E-state index contributed by atoms with van der Waals surface area (Å²) in [6, 6.07) is 0. The van der Waals surface area contributed by atoms with Crippen molar-refractivity contribution >= 4 is 0 Å². The summed E-state index contributed by atoms with van der Waals surface area (Å²) >= 11 is 0. The topological polar surface area (TPSA) is 0 Å². The molecule has 0 saturated heterocycles. The minimum absolute atomic E-state index is 0. The molecule has 0 bridgehead atoms. The van der Waals surface area contributed by atoms with Crippen molar-refractivity contribution in [2.24, 2.45) is 0 Å². The molecular weight excluding hydrogens is 213 g/mol. The van der Waals surface area contributed by atoms with Crippen LogP contribution in [0.25, 0.3) is 0 Å². The maximum absolute atomic E-state index is 3.30. The largest absolute Gasteiger partial charge is 4.00 e. The summed E-state index contributed by atoms with van der Waals surface area (Å²) in [6.45, 7) is 2.22. The summed E-state index contributed by atoms with van der Waals surface area (Å²) in [5.74, 6) is 0. The molecule has 0 aromatic rings. The van der Waals surface area contributed by atoms with Crippen LogP contribution in [0.1, 0.15) is 32.6 Å². The van der Waals surface area contributed by atoms with Gasteiger partial charge in [-0.25, -0.2) is 11.6 Å². The van der Waals surface area contributed by atoms with E-state index in [2.05, 4.69) is 25.2 Å². The van der Waals surface area contributed by atoms with Gasteiger partial charge in [0.2, 0.25) is 0 Å². The Bertz CT molecular complexity index is 144. The summed E-state index contributed by atoms with van der Waals surface area (Å²) in [5, 5.41) is 0. The Morgan fingerprint density at radius 2 is 1.92 bits per heavy atom. The van der Waals surface area contributed by atoms with Gasteiger partial charge in [0, 0.05) is 0 Å². The van der Waals surface area contributed by atoms with Crippen LogP contribution in [0.3, 0.4) is 0 Å². The molecule has 0 aromatic carbocycles. The van der Waals surface area contributed by atoms with Crippen LogP contribution in [0.4, 0.5) is 0 Å². The molecule has 0 spiro atoms. The van der Waals surface area contributed by atoms with Gasteiger partial charge in [0.1, 0.15) is 0 Å². The average Bonchev–Trinajstić information content (AvgIpc) is 2.34. The molecule has 0 fully saturated rings. The molecule has 1 rings (SSSR count). The first-order valence-electron chi connectivity index (χ1n) is 3.69. The molecule has 0 atom stereocenters. The fourth-order valence-electron chi connectivity index (χ4n) is 0.989. The first-order valence-corrected chi connectivity index (χ1v) is 3.69. The SMILES string of the molecule is CCCCC1=[C-]CC=C1.[F-].[F-].[F-].[Ti+4]. The maximum atomic E-state index is 3.30. The van der Waals surface area contributed by atoms with Crippen molar-refractivity contribution in [1.29, 1.82) is 0 Å². The van der Waals surface area contributed by atoms with Crippen molar-refractivity contribution in [2.75, 3.05) is 0 Å². The predicted octanol–water partition coefficient (Wildman–Crippen LogP) is -6.12. The van der Waals surface area contributed by atoms with E-state index in [1.54, 1.807) is 0 Å². The summed E-state index contributed by atoms with van der Waals surface area (Å²) in [5.41, 5.74) is 1.41. The van der Waals surface area contributed by atoms with Gasteiger partial charge in [0.15, 0.2) is 0 Å². The molecule has 0 nitrogen and oxygen atoms in total. The van der Waals surface area contributed by atoms with Crippen molar-refractivity contribution in [3.8, 4) is 0 Å². The van der Waals surface area contributed by atoms with Gasteiger partial charge in [-0.15, -0.1) is 6.42 Å². The molecule has 74 valence electrons. The molecule has 0 heterocycles. The van der Waals surface area contributed by atoms with Crippen molar-refractivity contribution in [1.82, 2.24) is 0 Å². The van der Waals surface area contributed by atoms with E-state index in [1.165, 1.54) is 24.8 Å². The second-order valence-corrected chi connectivity index (χ2v) is 2.41. The zero-order chi connectivity index (χ0) is 6.53. The second kappa shape index (κ2) is 14.5. The van der Waals surface area contributed by atoms with Gasteiger partial charge in [0.05, 0.1) is 0 Å². The summed E-state index contributed by atoms with van der Waals surface area (Å²) in [6.07, 6.45) is 12.5. The monoisotopic (exact) mass is 226 g/mol. The number of allylic oxidation sites excluding steroid dienone is 4. The van der Waals surface area contributed by atoms with Gasteiger partial charge < -0.3 is 14.1 Å². The molecule has 0 aliphatic heterocycles. The van der Waals surface area contributed by atoms with E-state index in [1.807, 2.05) is 0 Å². The summed E-state index contributed by atoms with van der Waals surface area (Å²) in [4.78, 5) is 0. The molecule has 0 amide bonds. The second-order valence-electron chi connectivity index (χ2n) is 2.41. The predicted molar refractivity (Wildman–Crippen MR) is 40.0 cm³/mol. The number of rotatable bonds is 3. The fourth-order valence-corrected chi connectivity index (χ4v) is 0.989. The molecular formula is C9H13F3Ti. The smallest absolute Gasteiger partial charge is 1.00 e. The fraction of sp³-hybridized carbons (Fsp3) is 0.556. The quantitative estimate of drug-likeness (QED) is 0.332. The summed E-state index contributed by atoms with van der Waals surface area (Å²) < 4.78 is 0. The van der Waals surface area contributed by atoms with Crippen molar-refractivity contribution < 1.29 is 35.8 Å². The zero-order valence-corrected chi connectivity index (χ0v) is 9.18. The van der Waals surface area contributed by atoms with Crippen LogP contribution >= 0.6 is 0 Å². The van der Waals surface area contributed by atoms with Crippen LogP contribution in [-0.4, -0.2) is 0 Å². The van der Waals surface area contributed by atoms with Crippen molar-refractivity contribution in [3.05, 3.63) is 23.8 Å². The van der Waals surface area contributed by atoms with Gasteiger partial charge in [-0.3, -0.25) is 6.08 Å². The molecule has 0 aromatic heterocycles. The Kier molecular flexibility index (Phi) is 25.8. The van der Waals surface area contributed by atoms with E-state index < -0.39 is 0 Å². The van der Waals surface area contributed by atoms with Gasteiger partial charge in [-0.1, -0.05) is 26.2 Å². The van der Waals surface area contributed by atoms with Crippen LogP contribution in [0, 0.1) is 6.08 Å². The molecule has 0 saturated carbocycles. The van der Waals surface area contributed by atoms with Crippen molar-refractivity contribution in [2.45, 2.75) is 32.6 Å². The minimum atomic E-state index is 0. The van der Waals surface area contributed by atoms with Crippen LogP contribution in [0.2, 0.25) is 0 Å². The van der Waals surface area contributed by atoms with E-state index in [0.29, 0.717) is 0 Å². The molecule has 4 heteroatoms. The molecule has 0 radical (unpaired) electrons. The Balaban J connectivity index is -0.000000101. The van der Waals surface area contributed by atoms with E-state index in [9.17, 15) is 0 Å². The number of unbranched alkanes of at least 4 members (excludes halogenated alkanes) is 1. The number of hydrogen-bond donors (Lipinski definition) is 0.